The number of hydrogen-bond donors (Lipinski definition) is 4. The minimum Gasteiger partial charge on any atom is -0.453 e. The van der Waals surface area contributed by atoms with Gasteiger partial charge in [-0.05, 0) is 135 Å². The maximum Gasteiger partial charge on any atom is 0.407 e. The number of ether oxygens (including phenoxy) is 3. The average Bonchev–Trinajstić information content (AvgIpc) is 4.40. The monoisotopic (exact) mass is 1070 g/mol. The van der Waals surface area contributed by atoms with Gasteiger partial charge in [0, 0.05) is 45.1 Å². The second-order valence-corrected chi connectivity index (χ2v) is 22.0. The summed E-state index contributed by atoms with van der Waals surface area (Å²) in [6, 6.07) is 22.6. The summed E-state index contributed by atoms with van der Waals surface area (Å²) in [5, 5.41) is 5.55. The lowest BCUT2D eigenvalue weighted by Gasteiger charge is -2.36. The molecule has 4 N–H and O–H groups in total. The minimum atomic E-state index is -0.770. The molecule has 0 saturated carbocycles. The van der Waals surface area contributed by atoms with Crippen LogP contribution in [0.2, 0.25) is 0 Å². The fourth-order valence-electron chi connectivity index (χ4n) is 13.1. The van der Waals surface area contributed by atoms with Crippen molar-refractivity contribution >= 4 is 57.4 Å². The summed E-state index contributed by atoms with van der Waals surface area (Å²) in [5.41, 5.74) is 6.50. The van der Waals surface area contributed by atoms with E-state index < -0.39 is 35.9 Å². The fraction of sp³-hybridized carbons (Fsp3) is 0.492. The van der Waals surface area contributed by atoms with Gasteiger partial charge >= 0.3 is 12.2 Å². The van der Waals surface area contributed by atoms with Crippen LogP contribution in [0.15, 0.2) is 78.9 Å². The number of alkyl carbamates (subject to hydrolysis) is 2. The number of piperidine rings is 1. The van der Waals surface area contributed by atoms with Gasteiger partial charge in [0.1, 0.15) is 29.4 Å². The predicted octanol–water partition coefficient (Wildman–Crippen LogP) is 10.0. The molecule has 0 bridgehead atoms. The molecule has 5 aliphatic rings. The number of methoxy groups -OCH3 is 2. The Hall–Kier alpha value is -7.28. The van der Waals surface area contributed by atoms with Crippen LogP contribution in [0.4, 0.5) is 29.7 Å². The SMILES string of the molecule is COC(=O)NC(C(=O)N1CCC[C@H]1c1nc2cc([C@H]3CC[C@H](c4ccc5[nH]c([C@@H]6CCCN6C(=O)[C@@H](NC(=O)OC)C6CCOCC6)nc5c4)N3c3cc(F)c(N4CCC(c5ccccc5)CC4)c(F)c3)ccc2[nH]1)C(C)C. The third kappa shape index (κ3) is 10.4. The van der Waals surface area contributed by atoms with E-state index in [1.165, 1.54) is 31.9 Å². The Morgan fingerprint density at radius 1 is 0.628 bits per heavy atom. The van der Waals surface area contributed by atoms with E-state index >= 15 is 8.78 Å². The van der Waals surface area contributed by atoms with Crippen LogP contribution in [-0.2, 0) is 23.8 Å². The van der Waals surface area contributed by atoms with Crippen LogP contribution in [0.1, 0.15) is 136 Å². The number of halogens is 2. The highest BCUT2D eigenvalue weighted by Crippen LogP contribution is 2.49. The zero-order valence-electron chi connectivity index (χ0n) is 44.8. The Kier molecular flexibility index (Phi) is 15.3. The molecule has 11 rings (SSSR count). The molecule has 19 heteroatoms. The highest BCUT2D eigenvalue weighted by molar-refractivity contribution is 5.88. The molecule has 4 amide bonds. The molecule has 5 saturated heterocycles. The van der Waals surface area contributed by atoms with E-state index in [4.69, 9.17) is 24.2 Å². The van der Waals surface area contributed by atoms with Crippen molar-refractivity contribution in [3.8, 4) is 0 Å². The summed E-state index contributed by atoms with van der Waals surface area (Å²) >= 11 is 0. The quantitative estimate of drug-likeness (QED) is 0.0861. The number of aromatic nitrogens is 4. The van der Waals surface area contributed by atoms with Crippen LogP contribution >= 0.6 is 0 Å². The van der Waals surface area contributed by atoms with E-state index in [0.29, 0.717) is 112 Å². The first-order valence-electron chi connectivity index (χ1n) is 27.8. The predicted molar refractivity (Wildman–Crippen MR) is 291 cm³/mol. The zero-order valence-corrected chi connectivity index (χ0v) is 44.8. The van der Waals surface area contributed by atoms with Crippen LogP contribution < -0.4 is 20.4 Å². The Balaban J connectivity index is 0.901. The molecule has 0 radical (unpaired) electrons. The lowest BCUT2D eigenvalue weighted by molar-refractivity contribution is -0.137. The largest absolute Gasteiger partial charge is 0.453 e. The molecule has 412 valence electrons. The summed E-state index contributed by atoms with van der Waals surface area (Å²) in [7, 11) is 2.57. The number of aromatic amines is 2. The topological polar surface area (TPSA) is 190 Å². The lowest BCUT2D eigenvalue weighted by Crippen LogP contribution is -2.53. The molecule has 78 heavy (non-hydrogen) atoms. The third-order valence-corrected chi connectivity index (χ3v) is 17.1. The van der Waals surface area contributed by atoms with Crippen molar-refractivity contribution in [2.75, 3.05) is 63.4 Å². The van der Waals surface area contributed by atoms with Gasteiger partial charge in [-0.25, -0.2) is 28.3 Å². The lowest BCUT2D eigenvalue weighted by atomic mass is 9.89. The summed E-state index contributed by atoms with van der Waals surface area (Å²) in [4.78, 5) is 78.0. The number of amides is 4. The molecule has 5 aliphatic heterocycles. The number of H-pyrrole nitrogens is 2. The number of likely N-dealkylation sites (tertiary alicyclic amines) is 2. The Bertz CT molecular complexity index is 3130. The van der Waals surface area contributed by atoms with Crippen LogP contribution in [0.5, 0.6) is 0 Å². The van der Waals surface area contributed by atoms with E-state index in [0.717, 1.165) is 47.8 Å². The number of carbonyl (C=O) groups excluding carboxylic acids is 4. The molecular formula is C59H70F2N10O7. The number of fused-ring (bicyclic) bond motifs is 2. The van der Waals surface area contributed by atoms with Gasteiger partial charge in [-0.1, -0.05) is 56.3 Å². The molecule has 6 aromatic rings. The molecule has 0 spiro atoms. The number of nitrogens with zero attached hydrogens (tertiary/aromatic N) is 6. The summed E-state index contributed by atoms with van der Waals surface area (Å²) in [6.07, 6.45) is 5.80. The molecule has 7 heterocycles. The Labute approximate surface area is 452 Å². The van der Waals surface area contributed by atoms with Gasteiger partial charge in [-0.2, -0.15) is 0 Å². The Morgan fingerprint density at radius 2 is 1.17 bits per heavy atom. The van der Waals surface area contributed by atoms with E-state index in [1.54, 1.807) is 4.90 Å². The number of nitrogens with one attached hydrogen (secondary N) is 4. The maximum absolute atomic E-state index is 16.9. The van der Waals surface area contributed by atoms with Crippen molar-refractivity contribution in [3.63, 3.8) is 0 Å². The first-order chi connectivity index (χ1) is 37.9. The van der Waals surface area contributed by atoms with E-state index in [1.807, 2.05) is 78.2 Å². The van der Waals surface area contributed by atoms with E-state index in [9.17, 15) is 19.2 Å². The number of anilines is 2. The second kappa shape index (κ2) is 22.6. The van der Waals surface area contributed by atoms with Crippen molar-refractivity contribution < 1.29 is 42.2 Å². The number of benzene rings is 4. The molecule has 6 atom stereocenters. The van der Waals surface area contributed by atoms with Crippen molar-refractivity contribution in [1.82, 2.24) is 40.4 Å². The number of rotatable bonds is 13. The third-order valence-electron chi connectivity index (χ3n) is 17.1. The standard InChI is InChI=1S/C59H70F2N10O7/c1-34(2)51(66-58(74)76-3)56(72)69-24-8-12-49(69)54-62-43-16-14-38(30-45(43)64-54)47-18-19-48(71(47)40-32-41(60)53(42(61)33-40)68-26-20-36(21-27-68)35-10-6-5-7-11-35)39-15-17-44-46(31-39)65-55(63-44)50-13-9-25-70(50)57(73)52(67-59(75)77-4)37-22-28-78-29-23-37/h5-7,10-11,14-17,30-34,36-37,47-52H,8-9,12-13,18-29H2,1-4H3,(H,62,64)(H,63,65)(H,66,74)(H,67,75)/t47-,48-,49+,50+,51?,52+/m1/s1. The van der Waals surface area contributed by atoms with Gasteiger partial charge in [-0.3, -0.25) is 9.59 Å². The maximum atomic E-state index is 16.9. The molecule has 5 fully saturated rings. The average molecular weight is 1070 g/mol. The number of carbonyl (C=O) groups is 4. The van der Waals surface area contributed by atoms with Gasteiger partial charge in [0.05, 0.1) is 60.5 Å². The fourth-order valence-corrected chi connectivity index (χ4v) is 13.1. The molecule has 4 aromatic carbocycles. The van der Waals surface area contributed by atoms with Gasteiger partial charge < -0.3 is 54.4 Å². The number of hydrogen-bond acceptors (Lipinski definition) is 11. The first-order valence-corrected chi connectivity index (χ1v) is 27.8. The smallest absolute Gasteiger partial charge is 0.407 e. The summed E-state index contributed by atoms with van der Waals surface area (Å²) in [6.45, 7) is 6.89. The van der Waals surface area contributed by atoms with Gasteiger partial charge in [0.2, 0.25) is 11.8 Å². The van der Waals surface area contributed by atoms with Crippen LogP contribution in [0, 0.1) is 23.5 Å². The zero-order chi connectivity index (χ0) is 54.2. The highest BCUT2D eigenvalue weighted by atomic mass is 19.1. The summed E-state index contributed by atoms with van der Waals surface area (Å²) in [5.74, 6) is -0.240. The van der Waals surface area contributed by atoms with Crippen molar-refractivity contribution in [2.45, 2.75) is 120 Å². The van der Waals surface area contributed by atoms with Crippen molar-refractivity contribution in [1.29, 1.82) is 0 Å². The normalized spacial score (nSPS) is 22.1. The van der Waals surface area contributed by atoms with Crippen LogP contribution in [0.3, 0.4) is 0 Å². The van der Waals surface area contributed by atoms with E-state index in [-0.39, 0.29) is 53.5 Å². The molecule has 0 aliphatic carbocycles. The highest BCUT2D eigenvalue weighted by Gasteiger charge is 2.42. The van der Waals surface area contributed by atoms with Crippen molar-refractivity contribution in [3.05, 3.63) is 119 Å². The van der Waals surface area contributed by atoms with Crippen molar-refractivity contribution in [2.24, 2.45) is 11.8 Å². The second-order valence-electron chi connectivity index (χ2n) is 22.0. The molecule has 17 nitrogen and oxygen atoms in total. The Morgan fingerprint density at radius 3 is 1.71 bits per heavy atom. The molecular weight excluding hydrogens is 999 g/mol. The minimum absolute atomic E-state index is 0.00618. The summed E-state index contributed by atoms with van der Waals surface area (Å²) < 4.78 is 49.1. The van der Waals surface area contributed by atoms with E-state index in [2.05, 4.69) is 37.6 Å². The van der Waals surface area contributed by atoms with Gasteiger partial charge in [-0.15, -0.1) is 0 Å². The first kappa shape index (κ1) is 52.8. The molecule has 1 unspecified atom stereocenters. The van der Waals surface area contributed by atoms with Crippen LogP contribution in [-0.4, -0.2) is 119 Å². The molecule has 2 aromatic heterocycles. The number of imidazole rings is 2. The van der Waals surface area contributed by atoms with Crippen LogP contribution in [0.25, 0.3) is 22.1 Å². The van der Waals surface area contributed by atoms with Gasteiger partial charge in [0.15, 0.2) is 11.6 Å². The van der Waals surface area contributed by atoms with Gasteiger partial charge in [0.25, 0.3) is 0 Å².